The Morgan fingerprint density at radius 2 is 2.42 bits per heavy atom. The highest BCUT2D eigenvalue weighted by molar-refractivity contribution is 4.74. The van der Waals surface area contributed by atoms with Crippen molar-refractivity contribution in [1.29, 1.82) is 0 Å². The van der Waals surface area contributed by atoms with Crippen LogP contribution in [0.2, 0.25) is 0 Å². The molecule has 0 aromatic rings. The largest absolute Gasteiger partial charge is 0.385 e. The molecule has 0 saturated carbocycles. The Labute approximate surface area is 75.1 Å². The quantitative estimate of drug-likeness (QED) is 0.612. The fourth-order valence-corrected chi connectivity index (χ4v) is 1.56. The van der Waals surface area contributed by atoms with E-state index >= 15 is 0 Å². The molecule has 3 heteroatoms. The van der Waals surface area contributed by atoms with Gasteiger partial charge in [0.05, 0.1) is 0 Å². The predicted octanol–water partition coefficient (Wildman–Crippen LogP) is 0.331. The van der Waals surface area contributed by atoms with Crippen molar-refractivity contribution >= 4 is 0 Å². The molecule has 0 aliphatic carbocycles. The molecule has 1 aliphatic heterocycles. The van der Waals surface area contributed by atoms with Crippen LogP contribution in [-0.2, 0) is 4.74 Å². The van der Waals surface area contributed by atoms with E-state index in [2.05, 4.69) is 17.3 Å². The lowest BCUT2D eigenvalue weighted by atomic mass is 10.2. The van der Waals surface area contributed by atoms with Crippen molar-refractivity contribution in [2.45, 2.75) is 18.9 Å². The first-order chi connectivity index (χ1) is 5.84. The maximum absolute atomic E-state index is 5.07. The summed E-state index contributed by atoms with van der Waals surface area (Å²) in [6.07, 6.45) is 2.32. The second-order valence-corrected chi connectivity index (χ2v) is 3.40. The Morgan fingerprint density at radius 1 is 1.58 bits per heavy atom. The van der Waals surface area contributed by atoms with Gasteiger partial charge in [0.2, 0.25) is 0 Å². The Hall–Kier alpha value is -0.120. The van der Waals surface area contributed by atoms with Gasteiger partial charge in [0.15, 0.2) is 0 Å². The fraction of sp³-hybridized carbons (Fsp3) is 1.00. The summed E-state index contributed by atoms with van der Waals surface area (Å²) in [7, 11) is 3.94. The lowest BCUT2D eigenvalue weighted by molar-refractivity contribution is 0.151. The van der Waals surface area contributed by atoms with Gasteiger partial charge in [-0.25, -0.2) is 5.32 Å². The molecule has 1 heterocycles. The van der Waals surface area contributed by atoms with Gasteiger partial charge in [-0.2, -0.15) is 0 Å². The van der Waals surface area contributed by atoms with Gasteiger partial charge in [-0.3, -0.25) is 0 Å². The van der Waals surface area contributed by atoms with Gasteiger partial charge in [-0.05, 0) is 26.4 Å². The molecule has 1 saturated heterocycles. The molecule has 0 aromatic heterocycles. The van der Waals surface area contributed by atoms with E-state index in [9.17, 15) is 0 Å². The van der Waals surface area contributed by atoms with Crippen LogP contribution in [0.1, 0.15) is 12.8 Å². The molecule has 1 radical (unpaired) electrons. The van der Waals surface area contributed by atoms with Crippen molar-refractivity contribution in [2.24, 2.45) is 0 Å². The molecule has 71 valence electrons. The van der Waals surface area contributed by atoms with Gasteiger partial charge < -0.3 is 9.64 Å². The predicted molar refractivity (Wildman–Crippen MR) is 49.4 cm³/mol. The van der Waals surface area contributed by atoms with Crippen molar-refractivity contribution in [1.82, 2.24) is 10.2 Å². The van der Waals surface area contributed by atoms with Crippen LogP contribution < -0.4 is 5.32 Å². The Bertz CT molecular complexity index is 119. The maximum atomic E-state index is 5.07. The number of rotatable bonds is 3. The zero-order chi connectivity index (χ0) is 8.81. The van der Waals surface area contributed by atoms with Gasteiger partial charge in [0.1, 0.15) is 0 Å². The van der Waals surface area contributed by atoms with Crippen molar-refractivity contribution in [2.75, 3.05) is 40.4 Å². The highest BCUT2D eigenvalue weighted by Gasteiger charge is 2.16. The van der Waals surface area contributed by atoms with E-state index in [1.807, 2.05) is 0 Å². The molecular formula is C9H19N2O. The van der Waals surface area contributed by atoms with E-state index in [-0.39, 0.29) is 0 Å². The normalized spacial score (nSPS) is 27.0. The molecule has 0 bridgehead atoms. The van der Waals surface area contributed by atoms with E-state index in [0.29, 0.717) is 6.04 Å². The van der Waals surface area contributed by atoms with Crippen LogP contribution in [0.25, 0.3) is 0 Å². The van der Waals surface area contributed by atoms with Crippen LogP contribution in [0.5, 0.6) is 0 Å². The molecule has 1 unspecified atom stereocenters. The molecule has 1 rings (SSSR count). The number of nitrogens with zero attached hydrogens (tertiary/aromatic N) is 2. The molecule has 3 nitrogen and oxygen atoms in total. The second kappa shape index (κ2) is 5.51. The molecule has 1 aliphatic rings. The number of hydrogen-bond donors (Lipinski definition) is 0. The van der Waals surface area contributed by atoms with E-state index in [1.54, 1.807) is 7.11 Å². The molecule has 0 amide bonds. The topological polar surface area (TPSA) is 26.6 Å². The van der Waals surface area contributed by atoms with E-state index < -0.39 is 0 Å². The van der Waals surface area contributed by atoms with E-state index in [1.165, 1.54) is 13.0 Å². The van der Waals surface area contributed by atoms with Crippen LogP contribution in [0, 0.1) is 0 Å². The third-order valence-electron chi connectivity index (χ3n) is 2.45. The summed E-state index contributed by atoms with van der Waals surface area (Å²) in [5, 5.41) is 4.46. The van der Waals surface area contributed by atoms with Crippen molar-refractivity contribution in [3.63, 3.8) is 0 Å². The summed E-state index contributed by atoms with van der Waals surface area (Å²) in [5.74, 6) is 0. The van der Waals surface area contributed by atoms with Gasteiger partial charge >= 0.3 is 0 Å². The minimum atomic E-state index is 0.604. The Kier molecular flexibility index (Phi) is 4.58. The summed E-state index contributed by atoms with van der Waals surface area (Å²) >= 11 is 0. The Morgan fingerprint density at radius 3 is 3.17 bits per heavy atom. The number of methoxy groups -OCH3 is 1. The monoisotopic (exact) mass is 171 g/mol. The minimum absolute atomic E-state index is 0.604. The number of hydrogen-bond acceptors (Lipinski definition) is 2. The van der Waals surface area contributed by atoms with Gasteiger partial charge in [-0.1, -0.05) is 0 Å². The zero-order valence-electron chi connectivity index (χ0n) is 8.12. The first-order valence-corrected chi connectivity index (χ1v) is 4.67. The molecule has 0 N–H and O–H groups in total. The lowest BCUT2D eigenvalue weighted by Gasteiger charge is -2.24. The third kappa shape index (κ3) is 3.09. The minimum Gasteiger partial charge on any atom is -0.385 e. The summed E-state index contributed by atoms with van der Waals surface area (Å²) in [6, 6.07) is 0.604. The SMILES string of the molecule is COCCC1C[N]CCCN1C. The summed E-state index contributed by atoms with van der Waals surface area (Å²) in [6.45, 7) is 4.05. The van der Waals surface area contributed by atoms with Gasteiger partial charge in [0.25, 0.3) is 0 Å². The smallest absolute Gasteiger partial charge is 0.0477 e. The lowest BCUT2D eigenvalue weighted by Crippen LogP contribution is -2.36. The van der Waals surface area contributed by atoms with E-state index in [0.717, 1.165) is 26.1 Å². The van der Waals surface area contributed by atoms with Crippen LogP contribution >= 0.6 is 0 Å². The van der Waals surface area contributed by atoms with Crippen LogP contribution in [0.4, 0.5) is 0 Å². The van der Waals surface area contributed by atoms with Crippen molar-refractivity contribution in [3.05, 3.63) is 0 Å². The van der Waals surface area contributed by atoms with Gasteiger partial charge in [0, 0.05) is 32.8 Å². The first-order valence-electron chi connectivity index (χ1n) is 4.67. The highest BCUT2D eigenvalue weighted by atomic mass is 16.5. The van der Waals surface area contributed by atoms with Crippen molar-refractivity contribution < 1.29 is 4.74 Å². The van der Waals surface area contributed by atoms with Crippen molar-refractivity contribution in [3.8, 4) is 0 Å². The summed E-state index contributed by atoms with van der Waals surface area (Å²) in [5.41, 5.74) is 0. The third-order valence-corrected chi connectivity index (χ3v) is 2.45. The molecule has 0 spiro atoms. The average molecular weight is 171 g/mol. The number of ether oxygens (including phenoxy) is 1. The first kappa shape index (κ1) is 9.96. The summed E-state index contributed by atoms with van der Waals surface area (Å²) in [4.78, 5) is 2.40. The van der Waals surface area contributed by atoms with E-state index in [4.69, 9.17) is 4.74 Å². The standard InChI is InChI=1S/C9H19N2O/c1-11-6-3-5-10-8-9(11)4-7-12-2/h9H,3-8H2,1-2H3. The second-order valence-electron chi connectivity index (χ2n) is 3.40. The van der Waals surface area contributed by atoms with Crippen LogP contribution in [0.15, 0.2) is 0 Å². The molecule has 1 fully saturated rings. The molecular weight excluding hydrogens is 152 g/mol. The molecule has 0 aromatic carbocycles. The maximum Gasteiger partial charge on any atom is 0.0477 e. The molecule has 1 atom stereocenters. The van der Waals surface area contributed by atoms with Crippen LogP contribution in [0.3, 0.4) is 0 Å². The number of likely N-dealkylation sites (N-methyl/N-ethyl adjacent to an activating group) is 1. The van der Waals surface area contributed by atoms with Gasteiger partial charge in [-0.15, -0.1) is 0 Å². The average Bonchev–Trinajstić information content (AvgIpc) is 2.27. The molecule has 12 heavy (non-hydrogen) atoms. The Balaban J connectivity index is 2.26. The summed E-state index contributed by atoms with van der Waals surface area (Å²) < 4.78 is 5.07. The fourth-order valence-electron chi connectivity index (χ4n) is 1.56. The zero-order valence-corrected chi connectivity index (χ0v) is 8.12. The highest BCUT2D eigenvalue weighted by Crippen LogP contribution is 2.05. The van der Waals surface area contributed by atoms with Crippen LogP contribution in [-0.4, -0.2) is 51.3 Å².